The van der Waals surface area contributed by atoms with Crippen LogP contribution in [0.4, 0.5) is 0 Å². The van der Waals surface area contributed by atoms with E-state index in [-0.39, 0.29) is 0 Å². The van der Waals surface area contributed by atoms with Crippen molar-refractivity contribution in [3.05, 3.63) is 0 Å². The van der Waals surface area contributed by atoms with Crippen LogP contribution in [-0.2, 0) is 4.74 Å². The van der Waals surface area contributed by atoms with E-state index in [1.807, 2.05) is 14.1 Å². The van der Waals surface area contributed by atoms with Crippen molar-refractivity contribution >= 4 is 0 Å². The van der Waals surface area contributed by atoms with Crippen molar-refractivity contribution in [2.24, 2.45) is 11.8 Å². The van der Waals surface area contributed by atoms with Gasteiger partial charge < -0.3 is 15.4 Å². The molecule has 0 aliphatic carbocycles. The molecule has 2 unspecified atom stereocenters. The Kier molecular flexibility index (Phi) is 9.35. The molecule has 0 aromatic rings. The van der Waals surface area contributed by atoms with Crippen LogP contribution >= 0.6 is 0 Å². The molecule has 2 atom stereocenters. The molecule has 0 saturated carbocycles. The summed E-state index contributed by atoms with van der Waals surface area (Å²) in [6.07, 6.45) is 1.19. The molecule has 0 heterocycles. The van der Waals surface area contributed by atoms with Crippen molar-refractivity contribution < 1.29 is 4.74 Å². The summed E-state index contributed by atoms with van der Waals surface area (Å²) < 4.78 is 5.64. The fourth-order valence-electron chi connectivity index (χ4n) is 1.35. The van der Waals surface area contributed by atoms with Crippen LogP contribution < -0.4 is 10.6 Å². The van der Waals surface area contributed by atoms with E-state index < -0.39 is 0 Å². The highest BCUT2D eigenvalue weighted by atomic mass is 16.5. The average Bonchev–Trinajstić information content (AvgIpc) is 2.15. The minimum Gasteiger partial charge on any atom is -0.381 e. The third-order valence-corrected chi connectivity index (χ3v) is 2.24. The largest absolute Gasteiger partial charge is 0.381 e. The molecule has 0 amide bonds. The van der Waals surface area contributed by atoms with Crippen LogP contribution in [0.15, 0.2) is 0 Å². The van der Waals surface area contributed by atoms with Gasteiger partial charge in [0.1, 0.15) is 0 Å². The number of rotatable bonds is 9. The van der Waals surface area contributed by atoms with Gasteiger partial charge in [0.2, 0.25) is 0 Å². The fourth-order valence-corrected chi connectivity index (χ4v) is 1.35. The average molecular weight is 202 g/mol. The summed E-state index contributed by atoms with van der Waals surface area (Å²) in [5, 5.41) is 6.30. The first-order valence-corrected chi connectivity index (χ1v) is 5.57. The van der Waals surface area contributed by atoms with E-state index in [0.29, 0.717) is 11.8 Å². The van der Waals surface area contributed by atoms with Crippen LogP contribution in [0, 0.1) is 11.8 Å². The zero-order valence-corrected chi connectivity index (χ0v) is 10.1. The lowest BCUT2D eigenvalue weighted by molar-refractivity contribution is 0.0781. The Labute approximate surface area is 88.6 Å². The monoisotopic (exact) mass is 202 g/mol. The smallest absolute Gasteiger partial charge is 0.0503 e. The van der Waals surface area contributed by atoms with Gasteiger partial charge >= 0.3 is 0 Å². The maximum absolute atomic E-state index is 5.64. The molecular weight excluding hydrogens is 176 g/mol. The maximum Gasteiger partial charge on any atom is 0.0503 e. The number of hydrogen-bond donors (Lipinski definition) is 2. The lowest BCUT2D eigenvalue weighted by atomic mass is 10.1. The van der Waals surface area contributed by atoms with Gasteiger partial charge in [-0.2, -0.15) is 0 Å². The first-order valence-electron chi connectivity index (χ1n) is 5.57. The highest BCUT2D eigenvalue weighted by Crippen LogP contribution is 2.02. The maximum atomic E-state index is 5.64. The first kappa shape index (κ1) is 13.9. The van der Waals surface area contributed by atoms with Crippen LogP contribution in [0.5, 0.6) is 0 Å². The Balaban J connectivity index is 3.25. The molecule has 0 aromatic carbocycles. The standard InChI is InChI=1S/C11H26N2O/c1-10(5-6-12-3)8-14-9-11(2)7-13-4/h10-13H,5-9H2,1-4H3. The Hall–Kier alpha value is -0.120. The van der Waals surface area contributed by atoms with Gasteiger partial charge in [-0.15, -0.1) is 0 Å². The van der Waals surface area contributed by atoms with E-state index in [1.165, 1.54) is 6.42 Å². The second-order valence-corrected chi connectivity index (χ2v) is 4.20. The van der Waals surface area contributed by atoms with Gasteiger partial charge in [-0.25, -0.2) is 0 Å². The molecule has 0 bridgehead atoms. The molecule has 0 aliphatic rings. The summed E-state index contributed by atoms with van der Waals surface area (Å²) in [5.41, 5.74) is 0. The second-order valence-electron chi connectivity index (χ2n) is 4.20. The van der Waals surface area contributed by atoms with E-state index in [2.05, 4.69) is 24.5 Å². The van der Waals surface area contributed by atoms with Gasteiger partial charge in [0, 0.05) is 6.61 Å². The Morgan fingerprint density at radius 1 is 1.00 bits per heavy atom. The van der Waals surface area contributed by atoms with Gasteiger partial charge in [0.15, 0.2) is 0 Å². The second kappa shape index (κ2) is 9.44. The highest BCUT2D eigenvalue weighted by Gasteiger charge is 2.04. The van der Waals surface area contributed by atoms with E-state index in [4.69, 9.17) is 4.74 Å². The summed E-state index contributed by atoms with van der Waals surface area (Å²) in [7, 11) is 3.97. The highest BCUT2D eigenvalue weighted by molar-refractivity contribution is 4.56. The first-order chi connectivity index (χ1) is 6.70. The van der Waals surface area contributed by atoms with Crippen molar-refractivity contribution in [3.8, 4) is 0 Å². The predicted molar refractivity (Wildman–Crippen MR) is 61.6 cm³/mol. The zero-order valence-electron chi connectivity index (χ0n) is 10.1. The van der Waals surface area contributed by atoms with Gasteiger partial charge in [-0.1, -0.05) is 13.8 Å². The molecular formula is C11H26N2O. The molecule has 0 saturated heterocycles. The molecule has 2 N–H and O–H groups in total. The lowest BCUT2D eigenvalue weighted by Crippen LogP contribution is -2.22. The zero-order chi connectivity index (χ0) is 10.8. The molecule has 0 spiro atoms. The summed E-state index contributed by atoms with van der Waals surface area (Å²) in [4.78, 5) is 0. The van der Waals surface area contributed by atoms with Crippen molar-refractivity contribution in [1.82, 2.24) is 10.6 Å². The van der Waals surface area contributed by atoms with E-state index in [0.717, 1.165) is 26.3 Å². The number of hydrogen-bond acceptors (Lipinski definition) is 3. The van der Waals surface area contributed by atoms with Gasteiger partial charge in [-0.05, 0) is 45.4 Å². The van der Waals surface area contributed by atoms with E-state index >= 15 is 0 Å². The predicted octanol–water partition coefficient (Wildman–Crippen LogP) is 1.10. The summed E-state index contributed by atoms with van der Waals surface area (Å²) in [6.45, 7) is 8.30. The van der Waals surface area contributed by atoms with Crippen LogP contribution in [0.3, 0.4) is 0 Å². The minimum atomic E-state index is 0.608. The molecule has 0 fully saturated rings. The Morgan fingerprint density at radius 2 is 1.64 bits per heavy atom. The molecule has 14 heavy (non-hydrogen) atoms. The molecule has 3 nitrogen and oxygen atoms in total. The third-order valence-electron chi connectivity index (χ3n) is 2.24. The van der Waals surface area contributed by atoms with E-state index in [1.54, 1.807) is 0 Å². The van der Waals surface area contributed by atoms with Gasteiger partial charge in [-0.3, -0.25) is 0 Å². The molecule has 3 heteroatoms. The van der Waals surface area contributed by atoms with Crippen molar-refractivity contribution in [3.63, 3.8) is 0 Å². The topological polar surface area (TPSA) is 33.3 Å². The van der Waals surface area contributed by atoms with Crippen LogP contribution in [0.25, 0.3) is 0 Å². The summed E-state index contributed by atoms with van der Waals surface area (Å²) in [6, 6.07) is 0. The number of ether oxygens (including phenoxy) is 1. The Bertz CT molecular complexity index is 120. The SMILES string of the molecule is CNCCC(C)COCC(C)CNC. The van der Waals surface area contributed by atoms with Crippen molar-refractivity contribution in [2.45, 2.75) is 20.3 Å². The van der Waals surface area contributed by atoms with Gasteiger partial charge in [0.05, 0.1) is 6.61 Å². The molecule has 0 radical (unpaired) electrons. The lowest BCUT2D eigenvalue weighted by Gasteiger charge is -2.15. The molecule has 0 aromatic heterocycles. The van der Waals surface area contributed by atoms with Gasteiger partial charge in [0.25, 0.3) is 0 Å². The molecule has 0 aliphatic heterocycles. The summed E-state index contributed by atoms with van der Waals surface area (Å²) in [5.74, 6) is 1.26. The Morgan fingerprint density at radius 3 is 2.21 bits per heavy atom. The fraction of sp³-hybridized carbons (Fsp3) is 1.00. The van der Waals surface area contributed by atoms with Crippen LogP contribution in [0.2, 0.25) is 0 Å². The normalized spacial score (nSPS) is 15.4. The van der Waals surface area contributed by atoms with Crippen LogP contribution in [-0.4, -0.2) is 40.4 Å². The minimum absolute atomic E-state index is 0.608. The quantitative estimate of drug-likeness (QED) is 0.587. The van der Waals surface area contributed by atoms with E-state index in [9.17, 15) is 0 Å². The van der Waals surface area contributed by atoms with Crippen LogP contribution in [0.1, 0.15) is 20.3 Å². The molecule has 86 valence electrons. The third kappa shape index (κ3) is 8.48. The van der Waals surface area contributed by atoms with Crippen molar-refractivity contribution in [2.75, 3.05) is 40.4 Å². The number of nitrogens with one attached hydrogen (secondary N) is 2. The molecule has 0 rings (SSSR count). The summed E-state index contributed by atoms with van der Waals surface area (Å²) >= 11 is 0. The van der Waals surface area contributed by atoms with Crippen molar-refractivity contribution in [1.29, 1.82) is 0 Å².